The second kappa shape index (κ2) is 16.2. The number of aliphatic hydroxyl groups is 1. The molecule has 0 aliphatic rings. The van der Waals surface area contributed by atoms with E-state index in [9.17, 15) is 19.5 Å². The van der Waals surface area contributed by atoms with Crippen molar-refractivity contribution in [2.75, 3.05) is 13.1 Å². The highest BCUT2D eigenvalue weighted by Gasteiger charge is 2.31. The van der Waals surface area contributed by atoms with Crippen LogP contribution < -0.4 is 10.6 Å². The number of carbonyl (C=O) groups is 3. The van der Waals surface area contributed by atoms with E-state index in [2.05, 4.69) is 10.6 Å². The van der Waals surface area contributed by atoms with E-state index in [4.69, 9.17) is 9.47 Å². The van der Waals surface area contributed by atoms with Crippen LogP contribution in [-0.2, 0) is 27.3 Å². The lowest BCUT2D eigenvalue weighted by atomic mass is 9.88. The summed E-state index contributed by atoms with van der Waals surface area (Å²) in [6.07, 6.45) is -1.58. The average Bonchev–Trinajstić information content (AvgIpc) is 2.89. The second-order valence-electron chi connectivity index (χ2n) is 13.0. The first kappa shape index (κ1) is 34.6. The largest absolute Gasteiger partial charge is 0.445 e. The summed E-state index contributed by atoms with van der Waals surface area (Å²) in [5.74, 6) is -0.123. The number of nitrogens with zero attached hydrogens (tertiary/aromatic N) is 1. The molecule has 3 amide bonds. The van der Waals surface area contributed by atoms with Gasteiger partial charge in [-0.2, -0.15) is 0 Å². The van der Waals surface area contributed by atoms with Gasteiger partial charge in [-0.1, -0.05) is 88.4 Å². The molecule has 2 aromatic carbocycles. The Hall–Kier alpha value is -3.59. The van der Waals surface area contributed by atoms with Gasteiger partial charge in [-0.25, -0.2) is 9.59 Å². The molecule has 2 atom stereocenters. The summed E-state index contributed by atoms with van der Waals surface area (Å²) < 4.78 is 10.8. The third kappa shape index (κ3) is 13.9. The van der Waals surface area contributed by atoms with Crippen molar-refractivity contribution in [3.8, 4) is 0 Å². The SMILES string of the molecule is CC(C)CN(C(=O)OC(C)(C)C)C(O)CC(Cc1ccccc1)NC(=O)CC(C)(C)CNC(=O)OCc1ccccc1. The van der Waals surface area contributed by atoms with Gasteiger partial charge in [0.25, 0.3) is 0 Å². The van der Waals surface area contributed by atoms with Gasteiger partial charge < -0.3 is 25.2 Å². The summed E-state index contributed by atoms with van der Waals surface area (Å²) in [7, 11) is 0. The predicted octanol–water partition coefficient (Wildman–Crippen LogP) is 5.66. The Morgan fingerprint density at radius 2 is 1.48 bits per heavy atom. The van der Waals surface area contributed by atoms with Crippen LogP contribution >= 0.6 is 0 Å². The molecule has 42 heavy (non-hydrogen) atoms. The molecule has 0 spiro atoms. The van der Waals surface area contributed by atoms with Gasteiger partial charge in [0.2, 0.25) is 5.91 Å². The van der Waals surface area contributed by atoms with Gasteiger partial charge >= 0.3 is 12.2 Å². The zero-order valence-corrected chi connectivity index (χ0v) is 26.2. The quantitative estimate of drug-likeness (QED) is 0.247. The summed E-state index contributed by atoms with van der Waals surface area (Å²) in [6, 6.07) is 18.6. The van der Waals surface area contributed by atoms with Gasteiger partial charge in [-0.05, 0) is 49.7 Å². The minimum absolute atomic E-state index is 0.0991. The predicted molar refractivity (Wildman–Crippen MR) is 164 cm³/mol. The molecular formula is C33H49N3O6. The summed E-state index contributed by atoms with van der Waals surface area (Å²) in [6.45, 7) is 13.7. The molecule has 0 aromatic heterocycles. The Labute approximate surface area is 251 Å². The van der Waals surface area contributed by atoms with Crippen LogP contribution in [0.1, 0.15) is 72.4 Å². The molecule has 0 aliphatic carbocycles. The van der Waals surface area contributed by atoms with Crippen LogP contribution in [0.3, 0.4) is 0 Å². The fourth-order valence-corrected chi connectivity index (χ4v) is 4.37. The Kier molecular flexibility index (Phi) is 13.3. The molecule has 0 radical (unpaired) electrons. The van der Waals surface area contributed by atoms with Gasteiger partial charge in [-0.3, -0.25) is 9.69 Å². The van der Waals surface area contributed by atoms with Crippen molar-refractivity contribution in [2.24, 2.45) is 11.3 Å². The molecule has 0 fully saturated rings. The number of amides is 3. The third-order valence-corrected chi connectivity index (χ3v) is 6.30. The molecule has 232 valence electrons. The molecule has 3 N–H and O–H groups in total. The lowest BCUT2D eigenvalue weighted by molar-refractivity contribution is -0.124. The van der Waals surface area contributed by atoms with E-state index in [-0.39, 0.29) is 37.8 Å². The Balaban J connectivity index is 2.03. The number of carbonyl (C=O) groups excluding carboxylic acids is 3. The van der Waals surface area contributed by atoms with E-state index in [1.54, 1.807) is 20.8 Å². The summed E-state index contributed by atoms with van der Waals surface area (Å²) >= 11 is 0. The van der Waals surface area contributed by atoms with Crippen LogP contribution in [0.25, 0.3) is 0 Å². The van der Waals surface area contributed by atoms with Crippen LogP contribution in [0, 0.1) is 11.3 Å². The standard InChI is InChI=1S/C33H49N3O6/c1-24(2)21-36(31(40)42-32(3,4)5)29(38)19-27(18-25-14-10-8-11-15-25)35-28(37)20-33(6,7)23-34-30(39)41-22-26-16-12-9-13-17-26/h8-17,24,27,29,38H,18-23H2,1-7H3,(H,34,39)(H,35,37). The average molecular weight is 584 g/mol. The van der Waals surface area contributed by atoms with E-state index >= 15 is 0 Å². The fourth-order valence-electron chi connectivity index (χ4n) is 4.37. The van der Waals surface area contributed by atoms with E-state index in [1.807, 2.05) is 88.4 Å². The highest BCUT2D eigenvalue weighted by Crippen LogP contribution is 2.21. The summed E-state index contributed by atoms with van der Waals surface area (Å²) in [5.41, 5.74) is 0.602. The maximum Gasteiger partial charge on any atom is 0.412 e. The summed E-state index contributed by atoms with van der Waals surface area (Å²) in [4.78, 5) is 39.7. The first-order chi connectivity index (χ1) is 19.6. The van der Waals surface area contributed by atoms with Crippen LogP contribution in [-0.4, -0.2) is 59.1 Å². The molecule has 0 heterocycles. The highest BCUT2D eigenvalue weighted by molar-refractivity contribution is 5.77. The van der Waals surface area contributed by atoms with Gasteiger partial charge in [-0.15, -0.1) is 0 Å². The molecule has 0 aliphatic heterocycles. The number of rotatable bonds is 14. The van der Waals surface area contributed by atoms with E-state index < -0.39 is 35.5 Å². The molecule has 2 unspecified atom stereocenters. The van der Waals surface area contributed by atoms with Gasteiger partial charge in [0.05, 0.1) is 0 Å². The van der Waals surface area contributed by atoms with Gasteiger partial charge in [0.1, 0.15) is 18.4 Å². The molecular weight excluding hydrogens is 534 g/mol. The molecule has 0 saturated heterocycles. The number of aliphatic hydroxyl groups excluding tert-OH is 1. The van der Waals surface area contributed by atoms with E-state index in [0.29, 0.717) is 13.0 Å². The van der Waals surface area contributed by atoms with E-state index in [0.717, 1.165) is 11.1 Å². The first-order valence-electron chi connectivity index (χ1n) is 14.6. The van der Waals surface area contributed by atoms with Crippen molar-refractivity contribution >= 4 is 18.1 Å². The highest BCUT2D eigenvalue weighted by atomic mass is 16.6. The minimum Gasteiger partial charge on any atom is -0.445 e. The van der Waals surface area contributed by atoms with Gasteiger partial charge in [0, 0.05) is 32.0 Å². The van der Waals surface area contributed by atoms with Crippen molar-refractivity contribution in [1.29, 1.82) is 0 Å². The van der Waals surface area contributed by atoms with Crippen LogP contribution in [0.15, 0.2) is 60.7 Å². The number of nitrogens with one attached hydrogen (secondary N) is 2. The van der Waals surface area contributed by atoms with Crippen molar-refractivity contribution in [1.82, 2.24) is 15.5 Å². The van der Waals surface area contributed by atoms with Crippen molar-refractivity contribution < 1.29 is 29.0 Å². The monoisotopic (exact) mass is 583 g/mol. The van der Waals surface area contributed by atoms with Crippen LogP contribution in [0.5, 0.6) is 0 Å². The minimum atomic E-state index is -1.16. The Morgan fingerprint density at radius 1 is 0.905 bits per heavy atom. The fraction of sp³-hybridized carbons (Fsp3) is 0.545. The molecule has 9 heteroatoms. The topological polar surface area (TPSA) is 117 Å². The van der Waals surface area contributed by atoms with E-state index in [1.165, 1.54) is 4.90 Å². The summed E-state index contributed by atoms with van der Waals surface area (Å²) in [5, 5.41) is 17.0. The number of alkyl carbamates (subject to hydrolysis) is 1. The normalized spacial score (nSPS) is 13.2. The molecule has 2 aromatic rings. The van der Waals surface area contributed by atoms with Crippen molar-refractivity contribution in [3.05, 3.63) is 71.8 Å². The zero-order chi connectivity index (χ0) is 31.3. The van der Waals surface area contributed by atoms with Gasteiger partial charge in [0.15, 0.2) is 0 Å². The molecule has 9 nitrogen and oxygen atoms in total. The number of hydrogen-bond acceptors (Lipinski definition) is 6. The Bertz CT molecular complexity index is 1120. The second-order valence-corrected chi connectivity index (χ2v) is 13.0. The zero-order valence-electron chi connectivity index (χ0n) is 26.2. The smallest absolute Gasteiger partial charge is 0.412 e. The maximum absolute atomic E-state index is 13.2. The maximum atomic E-state index is 13.2. The van der Waals surface area contributed by atoms with Crippen LogP contribution in [0.2, 0.25) is 0 Å². The molecule has 0 saturated carbocycles. The first-order valence-corrected chi connectivity index (χ1v) is 14.6. The van der Waals surface area contributed by atoms with Crippen molar-refractivity contribution in [3.63, 3.8) is 0 Å². The van der Waals surface area contributed by atoms with Crippen molar-refractivity contribution in [2.45, 2.75) is 92.2 Å². The number of benzene rings is 2. The molecule has 2 rings (SSSR count). The number of ether oxygens (including phenoxy) is 2. The Morgan fingerprint density at radius 3 is 2.02 bits per heavy atom. The molecule has 0 bridgehead atoms. The lowest BCUT2D eigenvalue weighted by Gasteiger charge is -2.34. The third-order valence-electron chi connectivity index (χ3n) is 6.30. The number of hydrogen-bond donors (Lipinski definition) is 3. The van der Waals surface area contributed by atoms with Crippen LogP contribution in [0.4, 0.5) is 9.59 Å². The lowest BCUT2D eigenvalue weighted by Crippen LogP contribution is -2.49.